The summed E-state index contributed by atoms with van der Waals surface area (Å²) < 4.78 is 14.5. The first-order valence-corrected chi connectivity index (χ1v) is 16.6. The maximum atomic E-state index is 6.07. The number of hydrogen-bond donors (Lipinski definition) is 0. The molecule has 7 aromatic carbocycles. The van der Waals surface area contributed by atoms with Crippen LogP contribution in [0.1, 0.15) is 0 Å². The molecule has 0 spiro atoms. The van der Waals surface area contributed by atoms with Crippen molar-refractivity contribution < 1.29 is 8.83 Å². The topological polar surface area (TPSA) is 60.2 Å². The van der Waals surface area contributed by atoms with Crippen molar-refractivity contribution in [1.82, 2.24) is 14.5 Å². The van der Waals surface area contributed by atoms with Gasteiger partial charge in [-0.25, -0.2) is 9.97 Å². The molecule has 0 radical (unpaired) electrons. The quantitative estimate of drug-likeness (QED) is 0.180. The van der Waals surface area contributed by atoms with E-state index in [1.54, 1.807) is 0 Å². The molecular weight excluding hydrogens is 617 g/mol. The van der Waals surface area contributed by atoms with Gasteiger partial charge in [0, 0.05) is 44.6 Å². The van der Waals surface area contributed by atoms with Crippen LogP contribution in [0.4, 0.5) is 17.1 Å². The summed E-state index contributed by atoms with van der Waals surface area (Å²) in [6.07, 6.45) is 0. The van der Waals surface area contributed by atoms with Gasteiger partial charge in [0.15, 0.2) is 11.2 Å². The number of nitrogens with zero attached hydrogens (tertiary/aromatic N) is 4. The van der Waals surface area contributed by atoms with Gasteiger partial charge in [0.25, 0.3) is 0 Å². The molecule has 3 heterocycles. The van der Waals surface area contributed by atoms with Gasteiger partial charge in [-0.3, -0.25) is 0 Å². The van der Waals surface area contributed by atoms with Gasteiger partial charge in [-0.1, -0.05) is 60.7 Å². The summed E-state index contributed by atoms with van der Waals surface area (Å²) in [7, 11) is 0. The first-order valence-electron chi connectivity index (χ1n) is 16.6. The van der Waals surface area contributed by atoms with Gasteiger partial charge < -0.3 is 18.3 Å². The zero-order chi connectivity index (χ0) is 33.0. The summed E-state index contributed by atoms with van der Waals surface area (Å²) in [6, 6.07) is 58.3. The number of hydrogen-bond acceptors (Lipinski definition) is 5. The number of fused-ring (bicyclic) bond motifs is 5. The normalized spacial score (nSPS) is 11.6. The van der Waals surface area contributed by atoms with Crippen molar-refractivity contribution in [1.29, 1.82) is 0 Å². The van der Waals surface area contributed by atoms with Crippen molar-refractivity contribution in [3.8, 4) is 28.6 Å². The van der Waals surface area contributed by atoms with Gasteiger partial charge in [0.2, 0.25) is 11.8 Å². The molecule has 0 saturated carbocycles. The SMILES string of the molecule is c1ccc2oc(-c3ccc(N(c4ccc(-c5nc6ccccc6o5)cc4)c4ccc(-n5c6ccccc6c6ccccc65)cc4)cc3)nc2c1. The third-order valence-electron chi connectivity index (χ3n) is 9.28. The van der Waals surface area contributed by atoms with Gasteiger partial charge in [0.1, 0.15) is 11.0 Å². The molecule has 6 heteroatoms. The molecule has 0 amide bonds. The van der Waals surface area contributed by atoms with Gasteiger partial charge in [-0.05, 0) is 109 Å². The van der Waals surface area contributed by atoms with E-state index in [1.807, 2.05) is 48.5 Å². The Kier molecular flexibility index (Phi) is 6.39. The molecule has 3 aromatic heterocycles. The second kappa shape index (κ2) is 11.4. The van der Waals surface area contributed by atoms with Crippen LogP contribution in [-0.4, -0.2) is 14.5 Å². The minimum absolute atomic E-state index is 0.600. The highest BCUT2D eigenvalue weighted by molar-refractivity contribution is 6.09. The molecule has 10 aromatic rings. The lowest BCUT2D eigenvalue weighted by Crippen LogP contribution is -2.10. The van der Waals surface area contributed by atoms with Crippen molar-refractivity contribution in [3.63, 3.8) is 0 Å². The van der Waals surface area contributed by atoms with Gasteiger partial charge in [-0.15, -0.1) is 0 Å². The Morgan fingerprint density at radius 1 is 0.400 bits per heavy atom. The van der Waals surface area contributed by atoms with E-state index in [0.717, 1.165) is 56.1 Å². The molecule has 10 rings (SSSR count). The van der Waals surface area contributed by atoms with Crippen molar-refractivity contribution in [2.45, 2.75) is 0 Å². The first kappa shape index (κ1) is 28.1. The van der Waals surface area contributed by atoms with Crippen molar-refractivity contribution in [2.24, 2.45) is 0 Å². The Balaban J connectivity index is 1.06. The van der Waals surface area contributed by atoms with Crippen LogP contribution in [0.15, 0.2) is 179 Å². The number of anilines is 3. The molecule has 0 N–H and O–H groups in total. The molecule has 0 aliphatic carbocycles. The number of benzene rings is 7. The summed E-state index contributed by atoms with van der Waals surface area (Å²) in [5.41, 5.74) is 11.6. The van der Waals surface area contributed by atoms with E-state index in [1.165, 1.54) is 21.8 Å². The van der Waals surface area contributed by atoms with Crippen LogP contribution in [0.5, 0.6) is 0 Å². The van der Waals surface area contributed by atoms with E-state index in [0.29, 0.717) is 11.8 Å². The van der Waals surface area contributed by atoms with Gasteiger partial charge in [-0.2, -0.15) is 0 Å². The number of rotatable bonds is 6. The van der Waals surface area contributed by atoms with Crippen molar-refractivity contribution in [3.05, 3.63) is 170 Å². The zero-order valence-electron chi connectivity index (χ0n) is 26.8. The molecule has 0 unspecified atom stereocenters. The Labute approximate surface area is 287 Å². The van der Waals surface area contributed by atoms with E-state index in [2.05, 4.69) is 131 Å². The summed E-state index contributed by atoms with van der Waals surface area (Å²) in [5, 5.41) is 2.48. The smallest absolute Gasteiger partial charge is 0.227 e. The Bertz CT molecular complexity index is 2570. The molecule has 0 aliphatic heterocycles. The van der Waals surface area contributed by atoms with Crippen LogP contribution in [0.2, 0.25) is 0 Å². The third-order valence-corrected chi connectivity index (χ3v) is 9.28. The lowest BCUT2D eigenvalue weighted by atomic mass is 10.1. The minimum Gasteiger partial charge on any atom is -0.436 e. The van der Waals surface area contributed by atoms with E-state index in [-0.39, 0.29) is 0 Å². The summed E-state index contributed by atoms with van der Waals surface area (Å²) in [4.78, 5) is 11.7. The van der Waals surface area contributed by atoms with E-state index in [9.17, 15) is 0 Å². The van der Waals surface area contributed by atoms with Crippen LogP contribution in [0.25, 0.3) is 72.6 Å². The number of aromatic nitrogens is 3. The largest absolute Gasteiger partial charge is 0.436 e. The standard InChI is InChI=1S/C44H28N4O2/c1-5-13-39-35(9-1)36-10-2-6-14-40(36)48(39)34-27-25-33(26-28-34)47(31-21-17-29(18-22-31)43-45-37-11-3-7-15-41(37)49-43)32-23-19-30(20-24-32)44-46-38-12-4-8-16-42(38)50-44/h1-28H. The fourth-order valence-corrected chi connectivity index (χ4v) is 6.90. The Morgan fingerprint density at radius 2 is 0.800 bits per heavy atom. The Hall–Kier alpha value is -6.92. The molecule has 0 atom stereocenters. The fraction of sp³-hybridized carbons (Fsp3) is 0. The van der Waals surface area contributed by atoms with Crippen molar-refractivity contribution >= 4 is 61.1 Å². The van der Waals surface area contributed by atoms with Crippen LogP contribution in [0, 0.1) is 0 Å². The second-order valence-electron chi connectivity index (χ2n) is 12.3. The lowest BCUT2D eigenvalue weighted by Gasteiger charge is -2.26. The van der Waals surface area contributed by atoms with Gasteiger partial charge in [0.05, 0.1) is 11.0 Å². The number of para-hydroxylation sites is 6. The average molecular weight is 645 g/mol. The van der Waals surface area contributed by atoms with E-state index >= 15 is 0 Å². The molecular formula is C44H28N4O2. The fourth-order valence-electron chi connectivity index (χ4n) is 6.90. The Morgan fingerprint density at radius 3 is 1.26 bits per heavy atom. The predicted molar refractivity (Wildman–Crippen MR) is 201 cm³/mol. The van der Waals surface area contributed by atoms with E-state index < -0.39 is 0 Å². The summed E-state index contributed by atoms with van der Waals surface area (Å²) in [6.45, 7) is 0. The average Bonchev–Trinajstić information content (AvgIpc) is 3.90. The van der Waals surface area contributed by atoms with E-state index in [4.69, 9.17) is 18.8 Å². The minimum atomic E-state index is 0.600. The van der Waals surface area contributed by atoms with Crippen LogP contribution in [-0.2, 0) is 0 Å². The maximum Gasteiger partial charge on any atom is 0.227 e. The molecule has 6 nitrogen and oxygen atoms in total. The molecule has 0 fully saturated rings. The highest BCUT2D eigenvalue weighted by atomic mass is 16.4. The molecule has 0 saturated heterocycles. The second-order valence-corrected chi connectivity index (χ2v) is 12.3. The lowest BCUT2D eigenvalue weighted by molar-refractivity contribution is 0.619. The maximum absolute atomic E-state index is 6.07. The highest BCUT2D eigenvalue weighted by Gasteiger charge is 2.17. The highest BCUT2D eigenvalue weighted by Crippen LogP contribution is 2.39. The first-order chi connectivity index (χ1) is 24.8. The third kappa shape index (κ3) is 4.65. The van der Waals surface area contributed by atoms with Crippen LogP contribution >= 0.6 is 0 Å². The van der Waals surface area contributed by atoms with Crippen molar-refractivity contribution in [2.75, 3.05) is 4.90 Å². The van der Waals surface area contributed by atoms with Gasteiger partial charge >= 0.3 is 0 Å². The summed E-state index contributed by atoms with van der Waals surface area (Å²) >= 11 is 0. The van der Waals surface area contributed by atoms with Crippen LogP contribution in [0.3, 0.4) is 0 Å². The molecule has 50 heavy (non-hydrogen) atoms. The number of oxazole rings is 2. The van der Waals surface area contributed by atoms with Crippen LogP contribution < -0.4 is 4.90 Å². The molecule has 0 bridgehead atoms. The molecule has 236 valence electrons. The monoisotopic (exact) mass is 644 g/mol. The molecule has 0 aliphatic rings. The summed E-state index contributed by atoms with van der Waals surface area (Å²) in [5.74, 6) is 1.20. The zero-order valence-corrected chi connectivity index (χ0v) is 26.8. The predicted octanol–water partition coefficient (Wildman–Crippen LogP) is 11.9.